The fourth-order valence-corrected chi connectivity index (χ4v) is 3.70. The van der Waals surface area contributed by atoms with Crippen molar-refractivity contribution in [1.29, 1.82) is 0 Å². The van der Waals surface area contributed by atoms with E-state index in [1.54, 1.807) is 11.8 Å². The summed E-state index contributed by atoms with van der Waals surface area (Å²) >= 11 is 1.62. The fraction of sp³-hybridized carbons (Fsp3) is 0.190. The number of ether oxygens (including phenoxy) is 2. The van der Waals surface area contributed by atoms with Gasteiger partial charge in [-0.1, -0.05) is 48.5 Å². The van der Waals surface area contributed by atoms with Crippen LogP contribution in [0.15, 0.2) is 60.7 Å². The molecule has 0 saturated heterocycles. The molecule has 0 unspecified atom stereocenters. The summed E-state index contributed by atoms with van der Waals surface area (Å²) in [5, 5.41) is 5.42. The van der Waals surface area contributed by atoms with Gasteiger partial charge in [0.1, 0.15) is 0 Å². The highest BCUT2D eigenvalue weighted by Gasteiger charge is 2.13. The van der Waals surface area contributed by atoms with Crippen molar-refractivity contribution in [2.75, 3.05) is 12.5 Å². The molecule has 132 valence electrons. The molecule has 0 saturated carbocycles. The molecular formula is C21H19NO3S. The van der Waals surface area contributed by atoms with Gasteiger partial charge in [0.25, 0.3) is 0 Å². The predicted molar refractivity (Wildman–Crippen MR) is 105 cm³/mol. The highest BCUT2D eigenvalue weighted by Crippen LogP contribution is 2.32. The van der Waals surface area contributed by atoms with E-state index >= 15 is 0 Å². The summed E-state index contributed by atoms with van der Waals surface area (Å²) in [6, 6.07) is 20.5. The maximum absolute atomic E-state index is 12.1. The SMILES string of the molecule is O=C(CSCc1ccc2ccccc2c1)NCc1ccc2c(c1)OCO2. The van der Waals surface area contributed by atoms with Gasteiger partial charge in [0, 0.05) is 12.3 Å². The fourth-order valence-electron chi connectivity index (χ4n) is 2.89. The highest BCUT2D eigenvalue weighted by molar-refractivity contribution is 7.99. The Kier molecular flexibility index (Phi) is 4.97. The van der Waals surface area contributed by atoms with Gasteiger partial charge in [-0.15, -0.1) is 11.8 Å². The Morgan fingerprint density at radius 2 is 1.73 bits per heavy atom. The van der Waals surface area contributed by atoms with Crippen molar-refractivity contribution in [1.82, 2.24) is 5.32 Å². The maximum atomic E-state index is 12.1. The monoisotopic (exact) mass is 365 g/mol. The number of fused-ring (bicyclic) bond motifs is 2. The molecule has 3 aromatic rings. The lowest BCUT2D eigenvalue weighted by Gasteiger charge is -2.07. The molecule has 26 heavy (non-hydrogen) atoms. The number of hydrogen-bond acceptors (Lipinski definition) is 4. The number of benzene rings is 3. The van der Waals surface area contributed by atoms with Gasteiger partial charge in [-0.25, -0.2) is 0 Å². The second-order valence-corrected chi connectivity index (χ2v) is 7.12. The molecule has 0 aliphatic carbocycles. The number of carbonyl (C=O) groups is 1. The molecular weight excluding hydrogens is 346 g/mol. The van der Waals surface area contributed by atoms with Crippen LogP contribution in [-0.4, -0.2) is 18.5 Å². The van der Waals surface area contributed by atoms with Crippen molar-refractivity contribution in [3.63, 3.8) is 0 Å². The zero-order valence-corrected chi connectivity index (χ0v) is 15.1. The molecule has 1 aliphatic heterocycles. The highest BCUT2D eigenvalue weighted by atomic mass is 32.2. The minimum absolute atomic E-state index is 0.0356. The van der Waals surface area contributed by atoms with Crippen molar-refractivity contribution < 1.29 is 14.3 Å². The van der Waals surface area contributed by atoms with Crippen LogP contribution in [0, 0.1) is 0 Å². The molecule has 1 N–H and O–H groups in total. The quantitative estimate of drug-likeness (QED) is 0.714. The first-order valence-corrected chi connectivity index (χ1v) is 9.64. The van der Waals surface area contributed by atoms with Crippen LogP contribution in [0.25, 0.3) is 10.8 Å². The normalized spacial score (nSPS) is 12.3. The van der Waals surface area contributed by atoms with Gasteiger partial charge in [-0.2, -0.15) is 0 Å². The van der Waals surface area contributed by atoms with Gasteiger partial charge in [0.05, 0.1) is 5.75 Å². The first kappa shape index (κ1) is 16.8. The molecule has 0 atom stereocenters. The Hall–Kier alpha value is -2.66. The van der Waals surface area contributed by atoms with Gasteiger partial charge in [-0.05, 0) is 34.0 Å². The second kappa shape index (κ2) is 7.70. The van der Waals surface area contributed by atoms with Crippen LogP contribution in [0.4, 0.5) is 0 Å². The third-order valence-corrected chi connectivity index (χ3v) is 5.25. The van der Waals surface area contributed by atoms with E-state index in [0.29, 0.717) is 12.3 Å². The third-order valence-electron chi connectivity index (χ3n) is 4.24. The summed E-state index contributed by atoms with van der Waals surface area (Å²) < 4.78 is 10.6. The number of amides is 1. The van der Waals surface area contributed by atoms with E-state index in [0.717, 1.165) is 22.8 Å². The average molecular weight is 365 g/mol. The van der Waals surface area contributed by atoms with Gasteiger partial charge in [0.2, 0.25) is 12.7 Å². The Bertz CT molecular complexity index is 941. The molecule has 0 fully saturated rings. The van der Waals surface area contributed by atoms with Crippen LogP contribution in [0.2, 0.25) is 0 Å². The Labute approximate surface area is 156 Å². The number of nitrogens with one attached hydrogen (secondary N) is 1. The lowest BCUT2D eigenvalue weighted by molar-refractivity contribution is -0.118. The van der Waals surface area contributed by atoms with E-state index in [9.17, 15) is 4.79 Å². The molecule has 5 heteroatoms. The van der Waals surface area contributed by atoms with Gasteiger partial charge < -0.3 is 14.8 Å². The Balaban J connectivity index is 1.24. The van der Waals surface area contributed by atoms with Crippen LogP contribution in [0.1, 0.15) is 11.1 Å². The first-order chi connectivity index (χ1) is 12.8. The minimum Gasteiger partial charge on any atom is -0.454 e. The molecule has 0 spiro atoms. The van der Waals surface area contributed by atoms with Crippen molar-refractivity contribution >= 4 is 28.4 Å². The molecule has 3 aromatic carbocycles. The molecule has 1 amide bonds. The van der Waals surface area contributed by atoms with Gasteiger partial charge >= 0.3 is 0 Å². The molecule has 1 heterocycles. The van der Waals surface area contributed by atoms with Crippen molar-refractivity contribution in [2.24, 2.45) is 0 Å². The largest absolute Gasteiger partial charge is 0.454 e. The van der Waals surface area contributed by atoms with Crippen LogP contribution in [0.3, 0.4) is 0 Å². The number of thioether (sulfide) groups is 1. The summed E-state index contributed by atoms with van der Waals surface area (Å²) in [5.74, 6) is 2.79. The molecule has 0 aromatic heterocycles. The lowest BCUT2D eigenvalue weighted by atomic mass is 10.1. The van der Waals surface area contributed by atoms with Crippen molar-refractivity contribution in [3.8, 4) is 11.5 Å². The number of carbonyl (C=O) groups excluding carboxylic acids is 1. The van der Waals surface area contributed by atoms with Gasteiger partial charge in [0.15, 0.2) is 11.5 Å². The van der Waals surface area contributed by atoms with E-state index in [1.165, 1.54) is 16.3 Å². The molecule has 0 radical (unpaired) electrons. The van der Waals surface area contributed by atoms with Crippen molar-refractivity contribution in [3.05, 3.63) is 71.8 Å². The van der Waals surface area contributed by atoms with Crippen LogP contribution in [0.5, 0.6) is 11.5 Å². The van der Waals surface area contributed by atoms with Crippen molar-refractivity contribution in [2.45, 2.75) is 12.3 Å². The topological polar surface area (TPSA) is 47.6 Å². The van der Waals surface area contributed by atoms with Crippen LogP contribution in [-0.2, 0) is 17.1 Å². The summed E-state index contributed by atoms with van der Waals surface area (Å²) in [6.07, 6.45) is 0. The van der Waals surface area contributed by atoms with E-state index in [-0.39, 0.29) is 12.7 Å². The van der Waals surface area contributed by atoms with E-state index in [1.807, 2.05) is 30.3 Å². The molecule has 1 aliphatic rings. The lowest BCUT2D eigenvalue weighted by Crippen LogP contribution is -2.24. The van der Waals surface area contributed by atoms with Gasteiger partial charge in [-0.3, -0.25) is 4.79 Å². The smallest absolute Gasteiger partial charge is 0.231 e. The summed E-state index contributed by atoms with van der Waals surface area (Å²) in [5.41, 5.74) is 2.24. The standard InChI is InChI=1S/C21H19NO3S/c23-21(22-11-15-6-8-19-20(10-15)25-14-24-19)13-26-12-16-5-7-17-3-1-2-4-18(17)9-16/h1-10H,11-14H2,(H,22,23). The Morgan fingerprint density at radius 1 is 0.923 bits per heavy atom. The summed E-state index contributed by atoms with van der Waals surface area (Å²) in [4.78, 5) is 12.1. The zero-order chi connectivity index (χ0) is 17.8. The summed E-state index contributed by atoms with van der Waals surface area (Å²) in [7, 11) is 0. The molecule has 4 nitrogen and oxygen atoms in total. The van der Waals surface area contributed by atoms with E-state index in [4.69, 9.17) is 9.47 Å². The first-order valence-electron chi connectivity index (χ1n) is 8.48. The van der Waals surface area contributed by atoms with Crippen LogP contribution < -0.4 is 14.8 Å². The number of rotatable bonds is 6. The van der Waals surface area contributed by atoms with E-state index < -0.39 is 0 Å². The predicted octanol–water partition coefficient (Wildman–Crippen LogP) is 4.12. The third kappa shape index (κ3) is 3.94. The maximum Gasteiger partial charge on any atom is 0.231 e. The molecule has 0 bridgehead atoms. The number of hydrogen-bond donors (Lipinski definition) is 1. The Morgan fingerprint density at radius 3 is 2.65 bits per heavy atom. The van der Waals surface area contributed by atoms with E-state index in [2.05, 4.69) is 35.6 Å². The second-order valence-electron chi connectivity index (χ2n) is 6.14. The molecule has 4 rings (SSSR count). The van der Waals surface area contributed by atoms with Crippen LogP contribution >= 0.6 is 11.8 Å². The minimum atomic E-state index is 0.0356. The average Bonchev–Trinajstić information content (AvgIpc) is 3.14. The summed E-state index contributed by atoms with van der Waals surface area (Å²) in [6.45, 7) is 0.753. The zero-order valence-electron chi connectivity index (χ0n) is 14.2.